The average Bonchev–Trinajstić information content (AvgIpc) is 3.31. The Kier molecular flexibility index (Phi) is 5.04. The quantitative estimate of drug-likeness (QED) is 0.434. The Morgan fingerprint density at radius 2 is 2.04 bits per heavy atom. The van der Waals surface area contributed by atoms with E-state index in [2.05, 4.69) is 71.4 Å². The van der Waals surface area contributed by atoms with Crippen LogP contribution in [-0.2, 0) is 6.54 Å². The summed E-state index contributed by atoms with van der Waals surface area (Å²) in [6.45, 7) is 3.34. The Hall–Kier alpha value is -2.15. The maximum absolute atomic E-state index is 9.31. The van der Waals surface area contributed by atoms with E-state index >= 15 is 0 Å². The summed E-state index contributed by atoms with van der Waals surface area (Å²) in [5, 5.41) is 18.2. The van der Waals surface area contributed by atoms with Crippen molar-refractivity contribution in [1.29, 1.82) is 0 Å². The minimum Gasteiger partial charge on any atom is -0.396 e. The summed E-state index contributed by atoms with van der Waals surface area (Å²) in [7, 11) is 4.17. The van der Waals surface area contributed by atoms with Gasteiger partial charge in [0.2, 0.25) is 0 Å². The minimum atomic E-state index is 0.228. The Morgan fingerprint density at radius 3 is 2.78 bits per heavy atom. The molecule has 0 saturated carbocycles. The Morgan fingerprint density at radius 1 is 1.19 bits per heavy atom. The molecule has 0 spiro atoms. The number of benzene rings is 1. The van der Waals surface area contributed by atoms with E-state index in [4.69, 9.17) is 0 Å². The predicted molar refractivity (Wildman–Crippen MR) is 113 cm³/mol. The van der Waals surface area contributed by atoms with Crippen LogP contribution in [0.25, 0.3) is 32.5 Å². The van der Waals surface area contributed by atoms with Crippen LogP contribution in [0.15, 0.2) is 30.3 Å². The van der Waals surface area contributed by atoms with E-state index in [1.165, 1.54) is 20.5 Å². The van der Waals surface area contributed by atoms with Gasteiger partial charge in [-0.3, -0.25) is 5.10 Å². The molecular weight excluding hydrogens is 356 g/mol. The molecule has 4 rings (SSSR count). The molecule has 6 heteroatoms. The lowest BCUT2D eigenvalue weighted by Gasteiger charge is -2.13. The number of H-pyrrole nitrogens is 2. The first-order chi connectivity index (χ1) is 13.1. The van der Waals surface area contributed by atoms with Gasteiger partial charge in [0.05, 0.1) is 15.9 Å². The summed E-state index contributed by atoms with van der Waals surface area (Å²) in [4.78, 5) is 7.06. The van der Waals surface area contributed by atoms with Crippen molar-refractivity contribution in [1.82, 2.24) is 20.1 Å². The van der Waals surface area contributed by atoms with E-state index < -0.39 is 0 Å². The van der Waals surface area contributed by atoms with Crippen LogP contribution in [0.3, 0.4) is 0 Å². The van der Waals surface area contributed by atoms with Gasteiger partial charge in [0.25, 0.3) is 0 Å². The highest BCUT2D eigenvalue weighted by Gasteiger charge is 2.16. The third kappa shape index (κ3) is 3.52. The molecule has 0 fully saturated rings. The zero-order valence-corrected chi connectivity index (χ0v) is 16.9. The second kappa shape index (κ2) is 7.46. The van der Waals surface area contributed by atoms with E-state index in [0.29, 0.717) is 5.92 Å². The van der Waals surface area contributed by atoms with Crippen LogP contribution in [0.4, 0.5) is 0 Å². The Labute approximate surface area is 163 Å². The van der Waals surface area contributed by atoms with Gasteiger partial charge in [0.1, 0.15) is 5.69 Å². The van der Waals surface area contributed by atoms with E-state index in [1.54, 1.807) is 11.3 Å². The van der Waals surface area contributed by atoms with Crippen LogP contribution in [0, 0.1) is 0 Å². The number of nitrogens with one attached hydrogen (secondary N) is 2. The molecule has 1 aromatic carbocycles. The predicted octanol–water partition coefficient (Wildman–Crippen LogP) is 4.71. The van der Waals surface area contributed by atoms with Crippen molar-refractivity contribution in [3.05, 3.63) is 40.8 Å². The summed E-state index contributed by atoms with van der Waals surface area (Å²) in [6, 6.07) is 10.9. The lowest BCUT2D eigenvalue weighted by molar-refractivity contribution is 0.274. The zero-order chi connectivity index (χ0) is 19.0. The second-order valence-electron chi connectivity index (χ2n) is 7.41. The van der Waals surface area contributed by atoms with Gasteiger partial charge in [-0.05, 0) is 56.6 Å². The number of aromatic nitrogens is 3. The molecule has 3 heterocycles. The van der Waals surface area contributed by atoms with Gasteiger partial charge in [-0.2, -0.15) is 5.10 Å². The van der Waals surface area contributed by atoms with Gasteiger partial charge in [0, 0.05) is 28.9 Å². The number of fused-ring (bicyclic) bond motifs is 2. The van der Waals surface area contributed by atoms with E-state index in [-0.39, 0.29) is 6.61 Å². The van der Waals surface area contributed by atoms with Gasteiger partial charge in [-0.25, -0.2) is 0 Å². The largest absolute Gasteiger partial charge is 0.396 e. The van der Waals surface area contributed by atoms with Crippen LogP contribution >= 0.6 is 11.3 Å². The number of nitrogens with zero attached hydrogens (tertiary/aromatic N) is 2. The standard InChI is InChI=1S/C21H26N4OS/c1-4-13(7-8-26)14-5-6-15-10-18(22-17(15)9-14)20-21-19(23-24-20)11-16(27-21)12-25(2)3/h5-6,9-11,13,22,26H,4,7-8,12H2,1-3H3,(H,23,24). The molecule has 3 aromatic heterocycles. The maximum Gasteiger partial charge on any atom is 0.126 e. The fourth-order valence-electron chi connectivity index (χ4n) is 3.73. The number of hydrogen-bond donors (Lipinski definition) is 3. The highest BCUT2D eigenvalue weighted by molar-refractivity contribution is 7.19. The van der Waals surface area contributed by atoms with E-state index in [1.807, 2.05) is 0 Å². The van der Waals surface area contributed by atoms with Crippen LogP contribution in [0.1, 0.15) is 36.1 Å². The smallest absolute Gasteiger partial charge is 0.126 e. The number of thiophene rings is 1. The fraction of sp³-hybridized carbons (Fsp3) is 0.381. The lowest BCUT2D eigenvalue weighted by atomic mass is 9.93. The number of aliphatic hydroxyl groups excluding tert-OH is 1. The van der Waals surface area contributed by atoms with Crippen LogP contribution < -0.4 is 0 Å². The molecule has 5 nitrogen and oxygen atoms in total. The molecule has 0 aliphatic rings. The van der Waals surface area contributed by atoms with Crippen LogP contribution in [0.5, 0.6) is 0 Å². The zero-order valence-electron chi connectivity index (χ0n) is 16.0. The Balaban J connectivity index is 1.71. The number of aliphatic hydroxyl groups is 1. The fourth-order valence-corrected chi connectivity index (χ4v) is 4.96. The van der Waals surface area contributed by atoms with Gasteiger partial charge in [-0.15, -0.1) is 11.3 Å². The first kappa shape index (κ1) is 18.2. The monoisotopic (exact) mass is 382 g/mol. The molecule has 4 aromatic rings. The summed E-state index contributed by atoms with van der Waals surface area (Å²) in [5.74, 6) is 0.397. The average molecular weight is 383 g/mol. The molecule has 0 saturated heterocycles. The first-order valence-electron chi connectivity index (χ1n) is 9.44. The summed E-state index contributed by atoms with van der Waals surface area (Å²) in [5.41, 5.74) is 5.53. The third-order valence-corrected chi connectivity index (χ3v) is 6.23. The first-order valence-corrected chi connectivity index (χ1v) is 10.3. The van der Waals surface area contributed by atoms with Gasteiger partial charge >= 0.3 is 0 Å². The second-order valence-corrected chi connectivity index (χ2v) is 8.55. The molecule has 27 heavy (non-hydrogen) atoms. The summed E-state index contributed by atoms with van der Waals surface area (Å²) in [6.07, 6.45) is 1.84. The van der Waals surface area contributed by atoms with Crippen molar-refractivity contribution in [2.75, 3.05) is 20.7 Å². The van der Waals surface area contributed by atoms with Gasteiger partial charge in [-0.1, -0.05) is 19.1 Å². The SMILES string of the molecule is CCC(CCO)c1ccc2cc(-c3n[nH]c4cc(CN(C)C)sc34)[nH]c2c1. The lowest BCUT2D eigenvalue weighted by Crippen LogP contribution is -2.09. The molecule has 0 bridgehead atoms. The molecule has 0 amide bonds. The molecule has 142 valence electrons. The van der Waals surface area contributed by atoms with Crippen LogP contribution in [0.2, 0.25) is 0 Å². The van der Waals surface area contributed by atoms with Gasteiger partial charge in [0.15, 0.2) is 0 Å². The molecule has 0 aliphatic heterocycles. The van der Waals surface area contributed by atoms with Crippen molar-refractivity contribution in [2.24, 2.45) is 0 Å². The Bertz CT molecular complexity index is 1060. The summed E-state index contributed by atoms with van der Waals surface area (Å²) < 4.78 is 1.20. The number of aromatic amines is 2. The highest BCUT2D eigenvalue weighted by Crippen LogP contribution is 2.35. The topological polar surface area (TPSA) is 67.9 Å². The molecule has 0 radical (unpaired) electrons. The van der Waals surface area contributed by atoms with Crippen molar-refractivity contribution in [2.45, 2.75) is 32.2 Å². The van der Waals surface area contributed by atoms with Crippen LogP contribution in [-0.4, -0.2) is 45.9 Å². The highest BCUT2D eigenvalue weighted by atomic mass is 32.1. The third-order valence-electron chi connectivity index (χ3n) is 5.10. The van der Waals surface area contributed by atoms with Crippen molar-refractivity contribution in [3.8, 4) is 11.4 Å². The van der Waals surface area contributed by atoms with Crippen molar-refractivity contribution < 1.29 is 5.11 Å². The van der Waals surface area contributed by atoms with E-state index in [9.17, 15) is 5.11 Å². The van der Waals surface area contributed by atoms with Crippen molar-refractivity contribution in [3.63, 3.8) is 0 Å². The maximum atomic E-state index is 9.31. The normalized spacial score (nSPS) is 13.2. The summed E-state index contributed by atoms with van der Waals surface area (Å²) >= 11 is 1.80. The van der Waals surface area contributed by atoms with Crippen molar-refractivity contribution >= 4 is 32.5 Å². The molecule has 1 atom stereocenters. The number of rotatable bonds is 7. The molecular formula is C21H26N4OS. The molecule has 0 aliphatic carbocycles. The molecule has 3 N–H and O–H groups in total. The number of hydrogen-bond acceptors (Lipinski definition) is 4. The molecule has 1 unspecified atom stereocenters. The minimum absolute atomic E-state index is 0.228. The van der Waals surface area contributed by atoms with E-state index in [0.717, 1.165) is 41.8 Å². The van der Waals surface area contributed by atoms with Gasteiger partial charge < -0.3 is 15.0 Å².